The highest BCUT2D eigenvalue weighted by Crippen LogP contribution is 2.26. The second-order valence-electron chi connectivity index (χ2n) is 3.56. The fourth-order valence-electron chi connectivity index (χ4n) is 1.47. The number of aliphatic hydroxyl groups excluding tert-OH is 4. The third kappa shape index (κ3) is 2.17. The van der Waals surface area contributed by atoms with Gasteiger partial charge in [-0.15, -0.1) is 0 Å². The molecule has 1 saturated heterocycles. The zero-order valence-electron chi connectivity index (χ0n) is 9.52. The number of carbonyl (C=O) groups excluding carboxylic acids is 1. The van der Waals surface area contributed by atoms with Gasteiger partial charge in [0.2, 0.25) is 17.9 Å². The predicted molar refractivity (Wildman–Crippen MR) is 48.7 cm³/mol. The molecule has 0 aliphatic carbocycles. The molecule has 0 spiro atoms. The Bertz CT molecular complexity index is 304. The van der Waals surface area contributed by atoms with Gasteiger partial charge in [0.15, 0.2) is 1.41 Å². The topological polar surface area (TPSA) is 139 Å². The molecule has 1 aliphatic heterocycles. The molecule has 6 N–H and O–H groups in total. The van der Waals surface area contributed by atoms with Crippen LogP contribution in [-0.4, -0.2) is 68.4 Å². The Morgan fingerprint density at radius 3 is 2.56 bits per heavy atom. The Hall–Kier alpha value is -0.770. The first-order valence-electron chi connectivity index (χ1n) is 5.04. The van der Waals surface area contributed by atoms with E-state index in [0.717, 1.165) is 6.92 Å². The van der Waals surface area contributed by atoms with Crippen molar-refractivity contribution in [2.24, 2.45) is 0 Å². The molecule has 1 aliphatic rings. The van der Waals surface area contributed by atoms with Crippen LogP contribution in [0.2, 0.25) is 1.41 Å². The maximum absolute atomic E-state index is 11.0. The van der Waals surface area contributed by atoms with E-state index in [4.69, 9.17) is 6.52 Å². The summed E-state index contributed by atoms with van der Waals surface area (Å²) in [6.07, 6.45) is -7.24. The average Bonchev–Trinajstić information content (AvgIpc) is 2.29. The molecule has 0 aromatic heterocycles. The third-order valence-corrected chi connectivity index (χ3v) is 2.32. The molecule has 0 bridgehead atoms. The first-order valence-corrected chi connectivity index (χ1v) is 4.59. The normalized spacial score (nSPS) is 45.0. The van der Waals surface area contributed by atoms with E-state index >= 15 is 0 Å². The van der Waals surface area contributed by atoms with Crippen LogP contribution in [0.5, 0.6) is 0 Å². The van der Waals surface area contributed by atoms with Crippen LogP contribution < -0.4 is 5.31 Å². The first-order chi connectivity index (χ1) is 7.76. The van der Waals surface area contributed by atoms with Gasteiger partial charge in [-0.1, -0.05) is 0 Å². The fourth-order valence-corrected chi connectivity index (χ4v) is 1.47. The molecular formula is C8H15NO7. The van der Waals surface area contributed by atoms with Crippen LogP contribution in [0.25, 0.3) is 0 Å². The van der Waals surface area contributed by atoms with E-state index in [1.54, 1.807) is 0 Å². The van der Waals surface area contributed by atoms with Gasteiger partial charge in [0.25, 0.3) is 0 Å². The molecule has 1 fully saturated rings. The highest BCUT2D eigenvalue weighted by atomic mass is 16.6. The van der Waals surface area contributed by atoms with E-state index in [-0.39, 0.29) is 5.31 Å². The van der Waals surface area contributed by atoms with Gasteiger partial charge in [-0.05, 0) is 0 Å². The van der Waals surface area contributed by atoms with Gasteiger partial charge in [0, 0.05) is 6.92 Å². The van der Waals surface area contributed by atoms with Crippen molar-refractivity contribution in [3.05, 3.63) is 0 Å². The second-order valence-corrected chi connectivity index (χ2v) is 3.56. The molecule has 0 saturated carbocycles. The molecule has 0 aromatic carbocycles. The van der Waals surface area contributed by atoms with Crippen molar-refractivity contribution in [2.45, 2.75) is 37.3 Å². The number of hydrogen-bond donors (Lipinski definition) is 6. The minimum atomic E-state index is -2.79. The first kappa shape index (κ1) is 11.7. The summed E-state index contributed by atoms with van der Waals surface area (Å²) < 4.78 is 11.9. The Morgan fingerprint density at radius 2 is 2.12 bits per heavy atom. The number of ether oxygens (including phenoxy) is 1. The van der Waals surface area contributed by atoms with Crippen molar-refractivity contribution in [3.63, 3.8) is 0 Å². The Labute approximate surface area is 92.5 Å². The van der Waals surface area contributed by atoms with Crippen molar-refractivity contribution in [2.75, 3.05) is 6.61 Å². The van der Waals surface area contributed by atoms with Crippen molar-refractivity contribution in [3.8, 4) is 0 Å². The highest BCUT2D eigenvalue weighted by molar-refractivity contribution is 5.73. The molecule has 0 aromatic rings. The summed E-state index contributed by atoms with van der Waals surface area (Å²) in [5, 5.41) is 47.2. The lowest BCUT2D eigenvalue weighted by atomic mass is 9.93. The minimum Gasteiger partial charge on any atom is -0.394 e. The van der Waals surface area contributed by atoms with Crippen LogP contribution >= 0.6 is 0 Å². The fraction of sp³-hybridized carbons (Fsp3) is 0.875. The molecule has 5 atom stereocenters. The van der Waals surface area contributed by atoms with Crippen molar-refractivity contribution in [1.82, 2.24) is 5.31 Å². The van der Waals surface area contributed by atoms with E-state index in [1.165, 1.54) is 0 Å². The molecule has 1 rings (SSSR count). The minimum absolute atomic E-state index is 0.0842. The number of carbonyl (C=O) groups is 1. The lowest BCUT2D eigenvalue weighted by Crippen LogP contribution is -2.73. The Balaban J connectivity index is 3.03. The summed E-state index contributed by atoms with van der Waals surface area (Å²) in [7, 11) is 0. The molecule has 16 heavy (non-hydrogen) atoms. The monoisotopic (exact) mass is 238 g/mol. The van der Waals surface area contributed by atoms with Crippen LogP contribution in [0.1, 0.15) is 6.92 Å². The van der Waals surface area contributed by atoms with Crippen molar-refractivity contribution >= 4 is 5.91 Å². The van der Waals surface area contributed by atoms with Crippen molar-refractivity contribution in [1.29, 1.82) is 0 Å². The van der Waals surface area contributed by atoms with Gasteiger partial charge in [-0.25, -0.2) is 0 Å². The van der Waals surface area contributed by atoms with Gasteiger partial charge in [-0.2, -0.15) is 0 Å². The Morgan fingerprint density at radius 1 is 1.56 bits per heavy atom. The molecule has 8 heteroatoms. The third-order valence-electron chi connectivity index (χ3n) is 2.32. The number of hydrogen-bond acceptors (Lipinski definition) is 7. The lowest BCUT2D eigenvalue weighted by molar-refractivity contribution is -0.335. The van der Waals surface area contributed by atoms with E-state index in [0.29, 0.717) is 0 Å². The van der Waals surface area contributed by atoms with Gasteiger partial charge < -0.3 is 35.6 Å². The van der Waals surface area contributed by atoms with E-state index in [1.807, 2.05) is 0 Å². The largest absolute Gasteiger partial charge is 0.394 e. The molecule has 1 heterocycles. The van der Waals surface area contributed by atoms with Crippen LogP contribution in [-0.2, 0) is 9.53 Å². The van der Waals surface area contributed by atoms with Crippen molar-refractivity contribution < 1.29 is 36.5 Å². The smallest absolute Gasteiger partial charge is 0.219 e. The lowest BCUT2D eigenvalue weighted by Gasteiger charge is -2.45. The van der Waals surface area contributed by atoms with Crippen LogP contribution in [0.15, 0.2) is 0 Å². The molecule has 1 unspecified atom stereocenters. The molecule has 0 radical (unpaired) electrons. The number of nitrogens with one attached hydrogen (secondary N) is 1. The van der Waals surface area contributed by atoms with Gasteiger partial charge in [0.05, 0.1) is 6.61 Å². The quantitative estimate of drug-likeness (QED) is 0.271. The summed E-state index contributed by atoms with van der Waals surface area (Å²) in [6.45, 7) is 0.221. The van der Waals surface area contributed by atoms with E-state index in [9.17, 15) is 25.2 Å². The van der Waals surface area contributed by atoms with Gasteiger partial charge >= 0.3 is 0 Å². The molecule has 1 amide bonds. The number of amides is 1. The maximum atomic E-state index is 11.0. The maximum Gasteiger partial charge on any atom is 0.219 e. The zero-order valence-corrected chi connectivity index (χ0v) is 8.52. The van der Waals surface area contributed by atoms with Crippen LogP contribution in [0, 0.1) is 0 Å². The van der Waals surface area contributed by atoms with Gasteiger partial charge in [-0.3, -0.25) is 4.79 Å². The molecule has 94 valence electrons. The zero-order chi connectivity index (χ0) is 13.4. The standard InChI is InChI=1S/C8H15NO7/c1-3(11)9-8(15)6(13)5(12)4(2-10)16-7(8)14/h4-7,10,12-15H,2H2,1H3,(H,9,11)/t4-,5-,6+,7?,8-/m1/s1/i/hD. The average molecular weight is 238 g/mol. The summed E-state index contributed by atoms with van der Waals surface area (Å²) >= 11 is 0. The number of rotatable bonds is 2. The van der Waals surface area contributed by atoms with Crippen LogP contribution in [0.3, 0.4) is 0 Å². The summed E-state index contributed by atoms with van der Waals surface area (Å²) in [6, 6.07) is 0. The van der Waals surface area contributed by atoms with E-state index < -0.39 is 42.8 Å². The second kappa shape index (κ2) is 4.62. The highest BCUT2D eigenvalue weighted by Gasteiger charge is 2.55. The molecule has 8 nitrogen and oxygen atoms in total. The summed E-state index contributed by atoms with van der Waals surface area (Å²) in [4.78, 5) is 11.0. The van der Waals surface area contributed by atoms with E-state index in [2.05, 4.69) is 4.74 Å². The summed E-state index contributed by atoms with van der Waals surface area (Å²) in [5.74, 6) is -0.969. The number of aliphatic hydroxyl groups is 5. The van der Waals surface area contributed by atoms with Gasteiger partial charge in [0.1, 0.15) is 18.3 Å². The predicted octanol–water partition coefficient (Wildman–Crippen LogP) is -3.76. The Kier molecular flexibility index (Phi) is 3.38. The SMILES string of the molecule is [2H]N(C(C)=O)[C@]1(O)C(O)O[C@H](CO)[C@@H](O)[C@@H]1O. The van der Waals surface area contributed by atoms with Crippen LogP contribution in [0.4, 0.5) is 0 Å². The molecular weight excluding hydrogens is 222 g/mol. The summed E-state index contributed by atoms with van der Waals surface area (Å²) in [5.41, 5.74) is -2.79.